The van der Waals surface area contributed by atoms with E-state index in [1.54, 1.807) is 19.2 Å². The predicted molar refractivity (Wildman–Crippen MR) is 126 cm³/mol. The highest BCUT2D eigenvalue weighted by Gasteiger charge is 2.17. The number of rotatable bonds is 8. The summed E-state index contributed by atoms with van der Waals surface area (Å²) in [5.41, 5.74) is 4.74. The molecule has 3 aromatic carbocycles. The van der Waals surface area contributed by atoms with Gasteiger partial charge in [0.05, 0.1) is 19.1 Å². The molecule has 7 nitrogen and oxygen atoms in total. The van der Waals surface area contributed by atoms with E-state index in [4.69, 9.17) is 4.74 Å². The van der Waals surface area contributed by atoms with Crippen LogP contribution >= 0.6 is 11.8 Å². The standard InChI is InChI=1S/C24H20FN5O2S/c1-32-21-12-10-18(11-13-21)23-28-29-24(30(23)20-8-3-2-4-9-20)33-16-22(31)27-26-15-17-6-5-7-19(25)14-17/h2-15H,16H2,1H3,(H,27,31)/b26-15-. The van der Waals surface area contributed by atoms with Gasteiger partial charge in [-0.2, -0.15) is 5.10 Å². The molecule has 0 saturated carbocycles. The van der Waals surface area contributed by atoms with Crippen LogP contribution < -0.4 is 10.2 Å². The zero-order valence-corrected chi connectivity index (χ0v) is 18.5. The van der Waals surface area contributed by atoms with E-state index in [1.807, 2.05) is 59.2 Å². The van der Waals surface area contributed by atoms with Gasteiger partial charge in [-0.3, -0.25) is 9.36 Å². The Bertz CT molecular complexity index is 1260. The maximum absolute atomic E-state index is 13.2. The van der Waals surface area contributed by atoms with E-state index in [-0.39, 0.29) is 17.5 Å². The molecule has 0 fully saturated rings. The summed E-state index contributed by atoms with van der Waals surface area (Å²) in [5.74, 6) is 0.786. The lowest BCUT2D eigenvalue weighted by Crippen LogP contribution is -2.20. The summed E-state index contributed by atoms with van der Waals surface area (Å²) < 4.78 is 20.4. The van der Waals surface area contributed by atoms with E-state index < -0.39 is 0 Å². The Balaban J connectivity index is 1.50. The van der Waals surface area contributed by atoms with Gasteiger partial charge in [0, 0.05) is 11.3 Å². The molecule has 0 unspecified atom stereocenters. The van der Waals surface area contributed by atoms with Crippen LogP contribution in [0.25, 0.3) is 17.1 Å². The van der Waals surface area contributed by atoms with E-state index in [2.05, 4.69) is 20.7 Å². The van der Waals surface area contributed by atoms with Crippen LogP contribution in [-0.2, 0) is 4.79 Å². The predicted octanol–water partition coefficient (Wildman–Crippen LogP) is 4.32. The number of nitrogens with one attached hydrogen (secondary N) is 1. The van der Waals surface area contributed by atoms with Gasteiger partial charge in [0.2, 0.25) is 0 Å². The lowest BCUT2D eigenvalue weighted by molar-refractivity contribution is -0.118. The third kappa shape index (κ3) is 5.64. The third-order valence-corrected chi connectivity index (χ3v) is 5.51. The van der Waals surface area contributed by atoms with E-state index in [0.717, 1.165) is 17.0 Å². The molecule has 1 amide bonds. The molecule has 4 aromatic rings. The van der Waals surface area contributed by atoms with Crippen LogP contribution in [0.4, 0.5) is 4.39 Å². The highest BCUT2D eigenvalue weighted by molar-refractivity contribution is 7.99. The molecule has 1 heterocycles. The van der Waals surface area contributed by atoms with Gasteiger partial charge < -0.3 is 4.74 Å². The maximum Gasteiger partial charge on any atom is 0.250 e. The molecular formula is C24H20FN5O2S. The molecule has 0 radical (unpaired) electrons. The quantitative estimate of drug-likeness (QED) is 0.240. The molecule has 0 atom stereocenters. The van der Waals surface area contributed by atoms with Gasteiger partial charge in [-0.15, -0.1) is 10.2 Å². The fourth-order valence-corrected chi connectivity index (χ4v) is 3.77. The van der Waals surface area contributed by atoms with Crippen LogP contribution in [0.15, 0.2) is 89.1 Å². The molecule has 1 N–H and O–H groups in total. The number of hydrogen-bond acceptors (Lipinski definition) is 6. The number of methoxy groups -OCH3 is 1. The number of ether oxygens (including phenoxy) is 1. The van der Waals surface area contributed by atoms with Crippen LogP contribution in [0.3, 0.4) is 0 Å². The summed E-state index contributed by atoms with van der Waals surface area (Å²) in [4.78, 5) is 12.3. The summed E-state index contributed by atoms with van der Waals surface area (Å²) >= 11 is 1.24. The summed E-state index contributed by atoms with van der Waals surface area (Å²) in [6, 6.07) is 23.1. The lowest BCUT2D eigenvalue weighted by atomic mass is 10.2. The molecule has 0 aliphatic rings. The Morgan fingerprint density at radius 2 is 1.88 bits per heavy atom. The fraction of sp³-hybridized carbons (Fsp3) is 0.0833. The van der Waals surface area contributed by atoms with Crippen LogP contribution in [0.5, 0.6) is 5.75 Å². The number of aromatic nitrogens is 3. The zero-order valence-electron chi connectivity index (χ0n) is 17.7. The molecule has 0 saturated heterocycles. The summed E-state index contributed by atoms with van der Waals surface area (Å²) in [5, 5.41) is 13.1. The normalized spacial score (nSPS) is 11.0. The molecule has 166 valence electrons. The number of halogens is 1. The van der Waals surface area contributed by atoms with Gasteiger partial charge in [-0.1, -0.05) is 42.1 Å². The Morgan fingerprint density at radius 1 is 1.09 bits per heavy atom. The second-order valence-corrected chi connectivity index (χ2v) is 7.78. The highest BCUT2D eigenvalue weighted by Crippen LogP contribution is 2.28. The van der Waals surface area contributed by atoms with Crippen molar-refractivity contribution < 1.29 is 13.9 Å². The minimum atomic E-state index is -0.367. The second-order valence-electron chi connectivity index (χ2n) is 6.84. The topological polar surface area (TPSA) is 81.4 Å². The number of hydrogen-bond donors (Lipinski definition) is 1. The minimum absolute atomic E-state index is 0.0775. The average molecular weight is 462 g/mol. The van der Waals surface area contributed by atoms with Crippen molar-refractivity contribution in [3.8, 4) is 22.8 Å². The van der Waals surface area contributed by atoms with E-state index in [0.29, 0.717) is 16.5 Å². The number of amides is 1. The van der Waals surface area contributed by atoms with Gasteiger partial charge in [-0.25, -0.2) is 9.82 Å². The second kappa shape index (κ2) is 10.6. The monoisotopic (exact) mass is 461 g/mol. The molecule has 9 heteroatoms. The van der Waals surface area contributed by atoms with Crippen molar-refractivity contribution in [3.05, 3.63) is 90.2 Å². The van der Waals surface area contributed by atoms with Crippen molar-refractivity contribution in [2.24, 2.45) is 5.10 Å². The van der Waals surface area contributed by atoms with Crippen LogP contribution in [0, 0.1) is 5.82 Å². The highest BCUT2D eigenvalue weighted by atomic mass is 32.2. The molecular weight excluding hydrogens is 441 g/mol. The molecule has 0 bridgehead atoms. The molecule has 33 heavy (non-hydrogen) atoms. The van der Waals surface area contributed by atoms with Crippen molar-refractivity contribution in [3.63, 3.8) is 0 Å². The number of nitrogens with zero attached hydrogens (tertiary/aromatic N) is 4. The number of carbonyl (C=O) groups is 1. The minimum Gasteiger partial charge on any atom is -0.497 e. The summed E-state index contributed by atoms with van der Waals surface area (Å²) in [7, 11) is 1.61. The Kier molecular flexibility index (Phi) is 7.11. The smallest absolute Gasteiger partial charge is 0.250 e. The molecule has 4 rings (SSSR count). The van der Waals surface area contributed by atoms with E-state index >= 15 is 0 Å². The van der Waals surface area contributed by atoms with Crippen molar-refractivity contribution in [1.82, 2.24) is 20.2 Å². The van der Waals surface area contributed by atoms with Gasteiger partial charge in [0.15, 0.2) is 11.0 Å². The number of thioether (sulfide) groups is 1. The zero-order chi connectivity index (χ0) is 23.0. The number of para-hydroxylation sites is 1. The lowest BCUT2D eigenvalue weighted by Gasteiger charge is -2.10. The van der Waals surface area contributed by atoms with Crippen LogP contribution in [0.1, 0.15) is 5.56 Å². The Labute approximate surface area is 194 Å². The number of hydrazone groups is 1. The van der Waals surface area contributed by atoms with Crippen molar-refractivity contribution >= 4 is 23.9 Å². The van der Waals surface area contributed by atoms with E-state index in [1.165, 1.54) is 30.1 Å². The molecule has 0 spiro atoms. The van der Waals surface area contributed by atoms with Crippen LogP contribution in [-0.4, -0.2) is 39.7 Å². The van der Waals surface area contributed by atoms with Gasteiger partial charge in [0.1, 0.15) is 11.6 Å². The van der Waals surface area contributed by atoms with Crippen molar-refractivity contribution in [1.29, 1.82) is 0 Å². The first-order valence-corrected chi connectivity index (χ1v) is 11.0. The molecule has 1 aromatic heterocycles. The number of benzene rings is 3. The van der Waals surface area contributed by atoms with Crippen molar-refractivity contribution in [2.75, 3.05) is 12.9 Å². The van der Waals surface area contributed by atoms with Gasteiger partial charge >= 0.3 is 0 Å². The van der Waals surface area contributed by atoms with Crippen LogP contribution in [0.2, 0.25) is 0 Å². The van der Waals surface area contributed by atoms with Gasteiger partial charge in [0.25, 0.3) is 5.91 Å². The molecule has 0 aliphatic heterocycles. The Hall–Kier alpha value is -3.98. The first-order valence-electron chi connectivity index (χ1n) is 9.99. The first-order chi connectivity index (χ1) is 16.1. The molecule has 0 aliphatic carbocycles. The third-order valence-electron chi connectivity index (χ3n) is 4.58. The summed E-state index contributed by atoms with van der Waals surface area (Å²) in [6.45, 7) is 0. The van der Waals surface area contributed by atoms with Crippen molar-refractivity contribution in [2.45, 2.75) is 5.16 Å². The fourth-order valence-electron chi connectivity index (χ4n) is 3.03. The van der Waals surface area contributed by atoms with Gasteiger partial charge in [-0.05, 0) is 54.1 Å². The summed E-state index contributed by atoms with van der Waals surface area (Å²) in [6.07, 6.45) is 1.39. The van der Waals surface area contributed by atoms with E-state index in [9.17, 15) is 9.18 Å². The Morgan fingerprint density at radius 3 is 2.61 bits per heavy atom. The maximum atomic E-state index is 13.2. The average Bonchev–Trinajstić information content (AvgIpc) is 3.27. The largest absolute Gasteiger partial charge is 0.497 e. The SMILES string of the molecule is COc1ccc(-c2nnc(SCC(=O)N/N=C\c3cccc(F)c3)n2-c2ccccc2)cc1. The first kappa shape index (κ1) is 22.2. The number of carbonyl (C=O) groups excluding carboxylic acids is 1.